The number of hydrogen-bond acceptors (Lipinski definition) is 5. The summed E-state index contributed by atoms with van der Waals surface area (Å²) in [6.45, 7) is 4.72. The summed E-state index contributed by atoms with van der Waals surface area (Å²) < 4.78 is 40.6. The highest BCUT2D eigenvalue weighted by Gasteiger charge is 2.31. The van der Waals surface area contributed by atoms with Gasteiger partial charge in [0.05, 0.1) is 22.0 Å². The van der Waals surface area contributed by atoms with E-state index in [1.807, 2.05) is 29.9 Å². The maximum Gasteiger partial charge on any atom is 0.416 e. The summed E-state index contributed by atoms with van der Waals surface area (Å²) in [5, 5.41) is 13.5. The molecule has 30 heavy (non-hydrogen) atoms. The predicted octanol–water partition coefficient (Wildman–Crippen LogP) is 6.13. The van der Waals surface area contributed by atoms with Crippen LogP contribution in [-0.4, -0.2) is 26.4 Å². The average molecular weight is 475 g/mol. The fraction of sp³-hybridized carbons (Fsp3) is 0.316. The van der Waals surface area contributed by atoms with Crippen LogP contribution in [-0.2, 0) is 17.5 Å². The van der Waals surface area contributed by atoms with Crippen LogP contribution >= 0.6 is 34.7 Å². The van der Waals surface area contributed by atoms with Crippen LogP contribution in [0.3, 0.4) is 0 Å². The van der Waals surface area contributed by atoms with Gasteiger partial charge in [-0.3, -0.25) is 4.79 Å². The van der Waals surface area contributed by atoms with Crippen molar-refractivity contribution in [1.29, 1.82) is 0 Å². The van der Waals surface area contributed by atoms with Gasteiger partial charge in [0.15, 0.2) is 11.0 Å². The minimum Gasteiger partial charge on any atom is -0.324 e. The van der Waals surface area contributed by atoms with Crippen molar-refractivity contribution in [2.75, 3.05) is 11.1 Å². The van der Waals surface area contributed by atoms with E-state index < -0.39 is 17.6 Å². The van der Waals surface area contributed by atoms with E-state index in [0.29, 0.717) is 11.7 Å². The molecular formula is C19H18ClF3N4OS2. The third-order valence-corrected chi connectivity index (χ3v) is 6.21. The molecule has 0 atom stereocenters. The van der Waals surface area contributed by atoms with Crippen LogP contribution in [0.2, 0.25) is 5.02 Å². The number of nitrogens with zero attached hydrogens (tertiary/aromatic N) is 3. The number of carbonyl (C=O) groups excluding carboxylic acids is 1. The Kier molecular flexibility index (Phi) is 7.10. The molecule has 0 fully saturated rings. The molecule has 160 valence electrons. The first kappa shape index (κ1) is 22.6. The number of halogens is 4. The number of thioether (sulfide) groups is 1. The first-order chi connectivity index (χ1) is 14.2. The van der Waals surface area contributed by atoms with E-state index in [0.717, 1.165) is 40.9 Å². The Morgan fingerprint density at radius 2 is 2.07 bits per heavy atom. The van der Waals surface area contributed by atoms with Crippen LogP contribution in [0.15, 0.2) is 34.8 Å². The van der Waals surface area contributed by atoms with Crippen molar-refractivity contribution in [3.8, 4) is 11.4 Å². The zero-order valence-corrected chi connectivity index (χ0v) is 18.5. The molecule has 0 bridgehead atoms. The summed E-state index contributed by atoms with van der Waals surface area (Å²) in [4.78, 5) is 13.5. The molecule has 0 aliphatic rings. The van der Waals surface area contributed by atoms with Crippen molar-refractivity contribution in [2.45, 2.75) is 38.1 Å². The molecule has 0 saturated carbocycles. The average Bonchev–Trinajstić information content (AvgIpc) is 3.27. The number of thiophene rings is 1. The lowest BCUT2D eigenvalue weighted by Gasteiger charge is -2.12. The van der Waals surface area contributed by atoms with Crippen LogP contribution in [0.4, 0.5) is 18.9 Å². The van der Waals surface area contributed by atoms with Crippen molar-refractivity contribution in [1.82, 2.24) is 14.8 Å². The highest BCUT2D eigenvalue weighted by atomic mass is 35.5. The smallest absolute Gasteiger partial charge is 0.324 e. The van der Waals surface area contributed by atoms with E-state index in [-0.39, 0.29) is 16.5 Å². The molecule has 0 saturated heterocycles. The van der Waals surface area contributed by atoms with Gasteiger partial charge in [-0.2, -0.15) is 13.2 Å². The summed E-state index contributed by atoms with van der Waals surface area (Å²) in [6, 6.07) is 4.83. The Labute approximate surface area is 184 Å². The molecule has 1 aromatic carbocycles. The second kappa shape index (κ2) is 9.40. The topological polar surface area (TPSA) is 59.8 Å². The standard InChI is InChI=1S/C19H18ClF3N4OS2/c1-3-6-27-17(12-7-11(2)29-9-12)25-26-18(27)30-10-16(28)24-15-8-13(19(21,22)23)4-5-14(15)20/h4-5,7-9H,3,6,10H2,1-2H3,(H,24,28). The molecular weight excluding hydrogens is 457 g/mol. The van der Waals surface area contributed by atoms with Gasteiger partial charge in [0.2, 0.25) is 5.91 Å². The normalized spacial score (nSPS) is 11.7. The summed E-state index contributed by atoms with van der Waals surface area (Å²) in [6.07, 6.45) is -3.67. The van der Waals surface area contributed by atoms with E-state index in [2.05, 4.69) is 15.5 Å². The molecule has 0 spiro atoms. The van der Waals surface area contributed by atoms with Gasteiger partial charge < -0.3 is 9.88 Å². The summed E-state index contributed by atoms with van der Waals surface area (Å²) >= 11 is 8.71. The molecule has 0 radical (unpaired) electrons. The molecule has 3 rings (SSSR count). The van der Waals surface area contributed by atoms with Gasteiger partial charge in [-0.05, 0) is 37.6 Å². The lowest BCUT2D eigenvalue weighted by Crippen LogP contribution is -2.16. The lowest BCUT2D eigenvalue weighted by atomic mass is 10.2. The first-order valence-corrected chi connectivity index (χ1v) is 11.2. The molecule has 2 aromatic heterocycles. The van der Waals surface area contributed by atoms with Gasteiger partial charge in [0, 0.05) is 22.4 Å². The first-order valence-electron chi connectivity index (χ1n) is 8.97. The van der Waals surface area contributed by atoms with E-state index in [1.54, 1.807) is 11.3 Å². The summed E-state index contributed by atoms with van der Waals surface area (Å²) in [5.41, 5.74) is 0.000271. The highest BCUT2D eigenvalue weighted by Crippen LogP contribution is 2.34. The predicted molar refractivity (Wildman–Crippen MR) is 114 cm³/mol. The van der Waals surface area contributed by atoms with Gasteiger partial charge >= 0.3 is 6.18 Å². The van der Waals surface area contributed by atoms with Gasteiger partial charge in [-0.15, -0.1) is 21.5 Å². The molecule has 0 unspecified atom stereocenters. The fourth-order valence-electron chi connectivity index (χ4n) is 2.71. The molecule has 0 aliphatic heterocycles. The third kappa shape index (κ3) is 5.35. The third-order valence-electron chi connectivity index (χ3n) is 4.05. The maximum absolute atomic E-state index is 12.9. The number of nitrogens with one attached hydrogen (secondary N) is 1. The number of aromatic nitrogens is 3. The molecule has 1 N–H and O–H groups in total. The van der Waals surface area contributed by atoms with Crippen molar-refractivity contribution in [3.63, 3.8) is 0 Å². The monoisotopic (exact) mass is 474 g/mol. The minimum absolute atomic E-state index is 0.0330. The Hall–Kier alpha value is -2.04. The number of aryl methyl sites for hydroxylation is 1. The quantitative estimate of drug-likeness (QED) is 0.418. The lowest BCUT2D eigenvalue weighted by molar-refractivity contribution is -0.137. The van der Waals surface area contributed by atoms with E-state index in [1.165, 1.54) is 11.8 Å². The Morgan fingerprint density at radius 1 is 1.30 bits per heavy atom. The SMILES string of the molecule is CCCn1c(SCC(=O)Nc2cc(C(F)(F)F)ccc2Cl)nnc1-c1csc(C)c1. The van der Waals surface area contributed by atoms with Gasteiger partial charge in [0.1, 0.15) is 0 Å². The number of hydrogen-bond donors (Lipinski definition) is 1. The summed E-state index contributed by atoms with van der Waals surface area (Å²) in [7, 11) is 0. The van der Waals surface area contributed by atoms with Gasteiger partial charge in [-0.1, -0.05) is 30.3 Å². The van der Waals surface area contributed by atoms with E-state index >= 15 is 0 Å². The van der Waals surface area contributed by atoms with E-state index in [4.69, 9.17) is 11.6 Å². The Bertz CT molecular complexity index is 1050. The molecule has 0 aliphatic carbocycles. The highest BCUT2D eigenvalue weighted by molar-refractivity contribution is 7.99. The van der Waals surface area contributed by atoms with Crippen LogP contribution in [0.25, 0.3) is 11.4 Å². The van der Waals surface area contributed by atoms with Gasteiger partial charge in [-0.25, -0.2) is 0 Å². The molecule has 1 amide bonds. The van der Waals surface area contributed by atoms with Crippen LogP contribution in [0.1, 0.15) is 23.8 Å². The Morgan fingerprint density at radius 3 is 2.70 bits per heavy atom. The van der Waals surface area contributed by atoms with Crippen LogP contribution < -0.4 is 5.32 Å². The van der Waals surface area contributed by atoms with Crippen LogP contribution in [0.5, 0.6) is 0 Å². The van der Waals surface area contributed by atoms with Crippen molar-refractivity contribution < 1.29 is 18.0 Å². The van der Waals surface area contributed by atoms with Crippen LogP contribution in [0, 0.1) is 6.92 Å². The van der Waals surface area contributed by atoms with Crippen molar-refractivity contribution in [3.05, 3.63) is 45.1 Å². The Balaban J connectivity index is 1.72. The summed E-state index contributed by atoms with van der Waals surface area (Å²) in [5.74, 6) is 0.196. The molecule has 5 nitrogen and oxygen atoms in total. The number of benzene rings is 1. The number of rotatable bonds is 7. The number of alkyl halides is 3. The second-order valence-corrected chi connectivity index (χ2v) is 8.90. The van der Waals surface area contributed by atoms with Gasteiger partial charge in [0.25, 0.3) is 0 Å². The fourth-order valence-corrected chi connectivity index (χ4v) is 4.32. The zero-order chi connectivity index (χ0) is 21.9. The largest absolute Gasteiger partial charge is 0.416 e. The molecule has 11 heteroatoms. The van der Waals surface area contributed by atoms with Crippen molar-refractivity contribution in [2.24, 2.45) is 0 Å². The second-order valence-electron chi connectivity index (χ2n) is 6.43. The van der Waals surface area contributed by atoms with E-state index in [9.17, 15) is 18.0 Å². The minimum atomic E-state index is -4.52. The molecule has 3 aromatic rings. The zero-order valence-electron chi connectivity index (χ0n) is 16.1. The van der Waals surface area contributed by atoms with Crippen molar-refractivity contribution >= 4 is 46.3 Å². The maximum atomic E-state index is 12.9. The number of anilines is 1. The number of amides is 1. The number of carbonyl (C=O) groups is 1. The molecule has 2 heterocycles.